The summed E-state index contributed by atoms with van der Waals surface area (Å²) in [6.45, 7) is 4.33. The maximum Gasteiger partial charge on any atom is 0.332 e. The van der Waals surface area contributed by atoms with E-state index in [1.165, 1.54) is 11.3 Å². The third kappa shape index (κ3) is 2.31. The lowest BCUT2D eigenvalue weighted by molar-refractivity contribution is 0.249. The van der Waals surface area contributed by atoms with Crippen LogP contribution >= 0.6 is 0 Å². The lowest BCUT2D eigenvalue weighted by Gasteiger charge is -2.23. The van der Waals surface area contributed by atoms with Crippen molar-refractivity contribution in [3.05, 3.63) is 41.6 Å². The highest BCUT2D eigenvalue weighted by Gasteiger charge is 2.37. The molecule has 2 amide bonds. The van der Waals surface area contributed by atoms with E-state index in [2.05, 4.69) is 41.4 Å². The third-order valence-corrected chi connectivity index (χ3v) is 3.42. The zero-order valence-electron chi connectivity index (χ0n) is 11.3. The van der Waals surface area contributed by atoms with Crippen LogP contribution in [0.25, 0.3) is 0 Å². The molecular formula is C14H18N4O. The van der Waals surface area contributed by atoms with Crippen LogP contribution in [0.1, 0.15) is 19.4 Å². The highest BCUT2D eigenvalue weighted by atomic mass is 16.2. The molecule has 1 aliphatic rings. The number of urea groups is 1. The molecule has 0 bridgehead atoms. The molecule has 0 spiro atoms. The number of fused-ring (bicyclic) bond motifs is 1. The van der Waals surface area contributed by atoms with E-state index in [9.17, 15) is 4.79 Å². The number of primary amides is 1. The molecule has 5 nitrogen and oxygen atoms in total. The van der Waals surface area contributed by atoms with Crippen LogP contribution in [0.4, 0.5) is 10.5 Å². The summed E-state index contributed by atoms with van der Waals surface area (Å²) in [6.07, 6.45) is 3.43. The van der Waals surface area contributed by atoms with Crippen molar-refractivity contribution >= 4 is 17.9 Å². The molecule has 1 aliphatic heterocycles. The van der Waals surface area contributed by atoms with Crippen LogP contribution in [-0.2, 0) is 5.41 Å². The molecular weight excluding hydrogens is 240 g/mol. The molecule has 0 aliphatic carbocycles. The van der Waals surface area contributed by atoms with E-state index < -0.39 is 6.03 Å². The summed E-state index contributed by atoms with van der Waals surface area (Å²) >= 11 is 0. The number of hydrazone groups is 1. The second-order valence-electron chi connectivity index (χ2n) is 5.01. The molecule has 3 N–H and O–H groups in total. The number of para-hydroxylation sites is 1. The Balaban J connectivity index is 2.31. The van der Waals surface area contributed by atoms with Crippen LogP contribution in [0, 0.1) is 0 Å². The molecule has 100 valence electrons. The van der Waals surface area contributed by atoms with Gasteiger partial charge < -0.3 is 10.6 Å². The van der Waals surface area contributed by atoms with Gasteiger partial charge in [0.05, 0.1) is 0 Å². The molecule has 1 heterocycles. The number of carbonyl (C=O) groups is 1. The minimum atomic E-state index is -0.669. The predicted octanol–water partition coefficient (Wildman–Crippen LogP) is 1.95. The topological polar surface area (TPSA) is 70.7 Å². The van der Waals surface area contributed by atoms with Crippen molar-refractivity contribution in [3.8, 4) is 0 Å². The number of allylic oxidation sites excluding steroid dienone is 2. The quantitative estimate of drug-likeness (QED) is 0.628. The van der Waals surface area contributed by atoms with E-state index in [1.54, 1.807) is 6.21 Å². The van der Waals surface area contributed by atoms with Gasteiger partial charge in [-0.3, -0.25) is 0 Å². The fraction of sp³-hybridized carbons (Fsp3) is 0.286. The van der Waals surface area contributed by atoms with Crippen LogP contribution < -0.4 is 16.1 Å². The lowest BCUT2D eigenvalue weighted by atomic mass is 9.84. The molecule has 0 radical (unpaired) electrons. The summed E-state index contributed by atoms with van der Waals surface area (Å²) in [7, 11) is 2.02. The minimum Gasteiger partial charge on any atom is -0.350 e. The smallest absolute Gasteiger partial charge is 0.332 e. The molecule has 19 heavy (non-hydrogen) atoms. The van der Waals surface area contributed by atoms with E-state index in [4.69, 9.17) is 5.73 Å². The standard InChI is InChI=1S/C14H18N4O/c1-14(2)10-6-4-5-7-11(10)18(3)12(14)8-9-16-17-13(15)19/h4-9H,1-3H3,(H3,15,17,19). The number of rotatable bonds is 2. The summed E-state index contributed by atoms with van der Waals surface area (Å²) < 4.78 is 0. The van der Waals surface area contributed by atoms with Crippen LogP contribution in [0.2, 0.25) is 0 Å². The molecule has 0 saturated carbocycles. The predicted molar refractivity (Wildman–Crippen MR) is 77.2 cm³/mol. The first-order chi connectivity index (χ1) is 8.94. The van der Waals surface area contributed by atoms with Crippen molar-refractivity contribution in [2.75, 3.05) is 11.9 Å². The number of nitrogens with one attached hydrogen (secondary N) is 1. The molecule has 0 saturated heterocycles. The Bertz CT molecular complexity index is 560. The van der Waals surface area contributed by atoms with Gasteiger partial charge in [-0.25, -0.2) is 10.2 Å². The van der Waals surface area contributed by atoms with Crippen LogP contribution in [-0.4, -0.2) is 19.3 Å². The number of hydrogen-bond acceptors (Lipinski definition) is 3. The molecule has 1 aromatic rings. The van der Waals surface area contributed by atoms with E-state index in [-0.39, 0.29) is 5.41 Å². The first-order valence-corrected chi connectivity index (χ1v) is 6.07. The Hall–Kier alpha value is -2.30. The Morgan fingerprint density at radius 1 is 1.42 bits per heavy atom. The first kappa shape index (κ1) is 13.1. The highest BCUT2D eigenvalue weighted by Crippen LogP contribution is 2.46. The number of likely N-dealkylation sites (N-methyl/N-ethyl adjacent to an activating group) is 1. The normalized spacial score (nSPS) is 18.9. The van der Waals surface area contributed by atoms with E-state index in [0.717, 1.165) is 5.70 Å². The van der Waals surface area contributed by atoms with Crippen molar-refractivity contribution in [2.24, 2.45) is 10.8 Å². The third-order valence-electron chi connectivity index (χ3n) is 3.42. The molecule has 5 heteroatoms. The Morgan fingerprint density at radius 3 is 2.74 bits per heavy atom. The summed E-state index contributed by atoms with van der Waals surface area (Å²) in [4.78, 5) is 12.7. The van der Waals surface area contributed by atoms with Crippen LogP contribution in [0.3, 0.4) is 0 Å². The zero-order chi connectivity index (χ0) is 14.0. The van der Waals surface area contributed by atoms with Gasteiger partial charge in [-0.15, -0.1) is 0 Å². The maximum absolute atomic E-state index is 10.5. The summed E-state index contributed by atoms with van der Waals surface area (Å²) in [5.41, 5.74) is 10.6. The second kappa shape index (κ2) is 4.76. The summed E-state index contributed by atoms with van der Waals surface area (Å²) in [6, 6.07) is 7.62. The fourth-order valence-corrected chi connectivity index (χ4v) is 2.51. The van der Waals surface area contributed by atoms with Gasteiger partial charge in [0.15, 0.2) is 0 Å². The Morgan fingerprint density at radius 2 is 2.11 bits per heavy atom. The molecule has 0 aromatic heterocycles. The number of anilines is 1. The van der Waals surface area contributed by atoms with Crippen LogP contribution in [0.15, 0.2) is 41.1 Å². The van der Waals surface area contributed by atoms with Gasteiger partial charge >= 0.3 is 6.03 Å². The van der Waals surface area contributed by atoms with Crippen molar-refractivity contribution < 1.29 is 4.79 Å². The number of hydrogen-bond donors (Lipinski definition) is 2. The van der Waals surface area contributed by atoms with E-state index >= 15 is 0 Å². The second-order valence-corrected chi connectivity index (χ2v) is 5.01. The van der Waals surface area contributed by atoms with Gasteiger partial charge in [0, 0.05) is 30.1 Å². The van der Waals surface area contributed by atoms with Gasteiger partial charge in [0.1, 0.15) is 0 Å². The van der Waals surface area contributed by atoms with Gasteiger partial charge in [0.2, 0.25) is 0 Å². The van der Waals surface area contributed by atoms with Crippen molar-refractivity contribution in [1.82, 2.24) is 5.43 Å². The van der Waals surface area contributed by atoms with Crippen molar-refractivity contribution in [2.45, 2.75) is 19.3 Å². The number of nitrogens with two attached hydrogens (primary N) is 1. The molecule has 0 atom stereocenters. The number of amides is 2. The Labute approximate surface area is 112 Å². The van der Waals surface area contributed by atoms with Crippen molar-refractivity contribution in [1.29, 1.82) is 0 Å². The molecule has 0 fully saturated rings. The SMILES string of the molecule is CN1C(=CC=NNC(N)=O)C(C)(C)c2ccccc21. The maximum atomic E-state index is 10.5. The summed E-state index contributed by atoms with van der Waals surface area (Å²) in [5, 5.41) is 3.74. The highest BCUT2D eigenvalue weighted by molar-refractivity contribution is 5.80. The number of carbonyl (C=O) groups excluding carboxylic acids is 1. The molecule has 1 aromatic carbocycles. The van der Waals surface area contributed by atoms with Crippen LogP contribution in [0.5, 0.6) is 0 Å². The van der Waals surface area contributed by atoms with Gasteiger partial charge in [-0.1, -0.05) is 32.0 Å². The minimum absolute atomic E-state index is 0.0932. The van der Waals surface area contributed by atoms with E-state index in [0.29, 0.717) is 0 Å². The zero-order valence-corrected chi connectivity index (χ0v) is 11.3. The summed E-state index contributed by atoms with van der Waals surface area (Å²) in [5.74, 6) is 0. The fourth-order valence-electron chi connectivity index (χ4n) is 2.51. The molecule has 0 unspecified atom stereocenters. The first-order valence-electron chi connectivity index (χ1n) is 6.07. The number of nitrogens with zero attached hydrogens (tertiary/aromatic N) is 2. The van der Waals surface area contributed by atoms with Gasteiger partial charge in [0.25, 0.3) is 0 Å². The monoisotopic (exact) mass is 258 g/mol. The average molecular weight is 258 g/mol. The molecule has 2 rings (SSSR count). The lowest BCUT2D eigenvalue weighted by Crippen LogP contribution is -2.25. The van der Waals surface area contributed by atoms with Gasteiger partial charge in [-0.2, -0.15) is 5.10 Å². The van der Waals surface area contributed by atoms with E-state index in [1.807, 2.05) is 25.3 Å². The Kier molecular flexibility index (Phi) is 3.29. The van der Waals surface area contributed by atoms with Crippen molar-refractivity contribution in [3.63, 3.8) is 0 Å². The van der Waals surface area contributed by atoms with Gasteiger partial charge in [-0.05, 0) is 17.7 Å². The largest absolute Gasteiger partial charge is 0.350 e. The average Bonchev–Trinajstić information content (AvgIpc) is 2.55. The number of benzene rings is 1.